The highest BCUT2D eigenvalue weighted by Gasteiger charge is 2.29. The van der Waals surface area contributed by atoms with Crippen LogP contribution in [0.25, 0.3) is 0 Å². The number of carbonyl (C=O) groups excluding carboxylic acids is 2. The average Bonchev–Trinajstić information content (AvgIpc) is 1.97. The van der Waals surface area contributed by atoms with E-state index in [1.807, 2.05) is 0 Å². The molecule has 62 valence electrons. The lowest BCUT2D eigenvalue weighted by Crippen LogP contribution is -2.61. The normalized spacial score (nSPS) is 31.1. The third kappa shape index (κ3) is 1.65. The summed E-state index contributed by atoms with van der Waals surface area (Å²) in [6.45, 7) is 1.64. The third-order valence-electron chi connectivity index (χ3n) is 1.57. The zero-order valence-corrected chi connectivity index (χ0v) is 7.02. The molecule has 0 aliphatic carbocycles. The first-order valence-electron chi connectivity index (χ1n) is 3.36. The Morgan fingerprint density at radius 1 is 1.36 bits per heavy atom. The van der Waals surface area contributed by atoms with Gasteiger partial charge in [0.05, 0.1) is 0 Å². The quantitative estimate of drug-likeness (QED) is 0.443. The van der Waals surface area contributed by atoms with E-state index in [0.29, 0.717) is 5.75 Å². The van der Waals surface area contributed by atoms with Gasteiger partial charge >= 0.3 is 0 Å². The molecule has 0 saturated carbocycles. The van der Waals surface area contributed by atoms with E-state index in [9.17, 15) is 9.59 Å². The number of hydrogen-bond acceptors (Lipinski definition) is 3. The summed E-state index contributed by atoms with van der Waals surface area (Å²) in [6, 6.07) is -0.888. The molecule has 4 nitrogen and oxygen atoms in total. The average molecular weight is 174 g/mol. The fourth-order valence-corrected chi connectivity index (χ4v) is 1.13. The Hall–Kier alpha value is -0.710. The van der Waals surface area contributed by atoms with Crippen LogP contribution in [0, 0.1) is 0 Å². The predicted molar refractivity (Wildman–Crippen MR) is 43.4 cm³/mol. The molecular weight excluding hydrogens is 164 g/mol. The van der Waals surface area contributed by atoms with Gasteiger partial charge < -0.3 is 10.6 Å². The molecule has 0 unspecified atom stereocenters. The standard InChI is InChI=1S/C6H10N2O2S/c1-3-5(9)8-4(2-11)6(10)7-3/h3-4,11H,2H2,1H3,(H,7,10)(H,8,9)/t3-,4-/m0/s1. The molecule has 1 rings (SSSR count). The largest absolute Gasteiger partial charge is 0.343 e. The summed E-state index contributed by atoms with van der Waals surface area (Å²) in [6.07, 6.45) is 0. The van der Waals surface area contributed by atoms with Crippen LogP contribution in [0.1, 0.15) is 6.92 Å². The smallest absolute Gasteiger partial charge is 0.244 e. The highest BCUT2D eigenvalue weighted by atomic mass is 32.1. The first kappa shape index (κ1) is 8.39. The fraction of sp³-hybridized carbons (Fsp3) is 0.667. The number of thiol groups is 1. The molecule has 0 spiro atoms. The maximum Gasteiger partial charge on any atom is 0.244 e. The van der Waals surface area contributed by atoms with Crippen LogP contribution in [-0.4, -0.2) is 29.7 Å². The Bertz CT molecular complexity index is 195. The Morgan fingerprint density at radius 2 is 2.00 bits per heavy atom. The molecule has 1 aliphatic heterocycles. The van der Waals surface area contributed by atoms with Crippen LogP contribution in [0.15, 0.2) is 0 Å². The topological polar surface area (TPSA) is 58.2 Å². The molecule has 0 aromatic heterocycles. The number of nitrogens with one attached hydrogen (secondary N) is 2. The molecule has 1 heterocycles. The summed E-state index contributed by atoms with van der Waals surface area (Å²) in [5.74, 6) is 0.0281. The molecular formula is C6H10N2O2S. The van der Waals surface area contributed by atoms with E-state index in [-0.39, 0.29) is 11.8 Å². The molecule has 2 atom stereocenters. The van der Waals surface area contributed by atoms with Crippen molar-refractivity contribution in [2.45, 2.75) is 19.0 Å². The lowest BCUT2D eigenvalue weighted by Gasteiger charge is -2.26. The second kappa shape index (κ2) is 3.13. The molecule has 0 radical (unpaired) electrons. The summed E-state index contributed by atoms with van der Waals surface area (Å²) < 4.78 is 0. The van der Waals surface area contributed by atoms with Gasteiger partial charge in [0.2, 0.25) is 11.8 Å². The minimum absolute atomic E-state index is 0.149. The van der Waals surface area contributed by atoms with Crippen LogP contribution in [-0.2, 0) is 9.59 Å². The summed E-state index contributed by atoms with van der Waals surface area (Å²) in [5, 5.41) is 5.07. The van der Waals surface area contributed by atoms with Crippen molar-refractivity contribution < 1.29 is 9.59 Å². The molecule has 1 aliphatic rings. The number of rotatable bonds is 1. The van der Waals surface area contributed by atoms with Crippen molar-refractivity contribution in [2.24, 2.45) is 0 Å². The molecule has 1 fully saturated rings. The molecule has 2 amide bonds. The second-order valence-electron chi connectivity index (χ2n) is 2.47. The molecule has 1 saturated heterocycles. The van der Waals surface area contributed by atoms with E-state index in [1.54, 1.807) is 6.92 Å². The fourth-order valence-electron chi connectivity index (χ4n) is 0.870. The first-order valence-corrected chi connectivity index (χ1v) is 4.00. The van der Waals surface area contributed by atoms with Crippen molar-refractivity contribution in [1.29, 1.82) is 0 Å². The van der Waals surface area contributed by atoms with Gasteiger partial charge in [-0.2, -0.15) is 12.6 Å². The number of amides is 2. The highest BCUT2D eigenvalue weighted by molar-refractivity contribution is 7.80. The van der Waals surface area contributed by atoms with Crippen molar-refractivity contribution in [1.82, 2.24) is 10.6 Å². The van der Waals surface area contributed by atoms with Crippen LogP contribution in [0.4, 0.5) is 0 Å². The zero-order chi connectivity index (χ0) is 8.43. The molecule has 11 heavy (non-hydrogen) atoms. The number of piperazine rings is 1. The number of hydrogen-bond donors (Lipinski definition) is 3. The lowest BCUT2D eigenvalue weighted by molar-refractivity contribution is -0.135. The van der Waals surface area contributed by atoms with Gasteiger partial charge in [0.15, 0.2) is 0 Å². The van der Waals surface area contributed by atoms with Crippen LogP contribution in [0.3, 0.4) is 0 Å². The van der Waals surface area contributed by atoms with E-state index in [2.05, 4.69) is 23.3 Å². The molecule has 0 bridgehead atoms. The van der Waals surface area contributed by atoms with Gasteiger partial charge in [-0.25, -0.2) is 0 Å². The van der Waals surface area contributed by atoms with Crippen molar-refractivity contribution in [3.05, 3.63) is 0 Å². The van der Waals surface area contributed by atoms with Gasteiger partial charge in [0, 0.05) is 5.75 Å². The van der Waals surface area contributed by atoms with E-state index < -0.39 is 12.1 Å². The van der Waals surface area contributed by atoms with Gasteiger partial charge in [-0.1, -0.05) is 0 Å². The summed E-state index contributed by atoms with van der Waals surface area (Å²) >= 11 is 3.92. The minimum Gasteiger partial charge on any atom is -0.343 e. The van der Waals surface area contributed by atoms with E-state index in [1.165, 1.54) is 0 Å². The third-order valence-corrected chi connectivity index (χ3v) is 1.93. The SMILES string of the molecule is C[C@@H]1NC(=O)[C@H](CS)NC1=O. The molecule has 0 aromatic carbocycles. The summed E-state index contributed by atoms with van der Waals surface area (Å²) in [4.78, 5) is 22.0. The molecule has 5 heteroatoms. The minimum atomic E-state index is -0.470. The van der Waals surface area contributed by atoms with Crippen LogP contribution in [0.5, 0.6) is 0 Å². The predicted octanol–water partition coefficient (Wildman–Crippen LogP) is -1.08. The zero-order valence-electron chi connectivity index (χ0n) is 6.13. The lowest BCUT2D eigenvalue weighted by atomic mass is 10.2. The van der Waals surface area contributed by atoms with Gasteiger partial charge in [-0.3, -0.25) is 9.59 Å². The van der Waals surface area contributed by atoms with E-state index in [4.69, 9.17) is 0 Å². The Morgan fingerprint density at radius 3 is 2.55 bits per heavy atom. The van der Waals surface area contributed by atoms with Gasteiger partial charge in [0.25, 0.3) is 0 Å². The van der Waals surface area contributed by atoms with Gasteiger partial charge in [-0.15, -0.1) is 0 Å². The monoisotopic (exact) mass is 174 g/mol. The van der Waals surface area contributed by atoms with E-state index >= 15 is 0 Å². The highest BCUT2D eigenvalue weighted by Crippen LogP contribution is 1.97. The maximum atomic E-state index is 11.0. The van der Waals surface area contributed by atoms with Crippen molar-refractivity contribution in [2.75, 3.05) is 5.75 Å². The summed E-state index contributed by atoms with van der Waals surface area (Å²) in [5.41, 5.74) is 0. The van der Waals surface area contributed by atoms with Crippen LogP contribution < -0.4 is 10.6 Å². The van der Waals surface area contributed by atoms with Crippen molar-refractivity contribution in [3.8, 4) is 0 Å². The first-order chi connectivity index (χ1) is 5.15. The number of carbonyl (C=O) groups is 2. The van der Waals surface area contributed by atoms with E-state index in [0.717, 1.165) is 0 Å². The Labute approximate surface area is 70.1 Å². The van der Waals surface area contributed by atoms with Gasteiger partial charge in [0.1, 0.15) is 12.1 Å². The van der Waals surface area contributed by atoms with Crippen molar-refractivity contribution >= 4 is 24.4 Å². The molecule has 0 aromatic rings. The summed E-state index contributed by atoms with van der Waals surface area (Å²) in [7, 11) is 0. The van der Waals surface area contributed by atoms with Crippen molar-refractivity contribution in [3.63, 3.8) is 0 Å². The van der Waals surface area contributed by atoms with Gasteiger partial charge in [-0.05, 0) is 6.92 Å². The van der Waals surface area contributed by atoms with Crippen LogP contribution in [0.2, 0.25) is 0 Å². The second-order valence-corrected chi connectivity index (χ2v) is 2.84. The Kier molecular flexibility index (Phi) is 2.38. The maximum absolute atomic E-state index is 11.0. The molecule has 2 N–H and O–H groups in total. The van der Waals surface area contributed by atoms with Crippen LogP contribution >= 0.6 is 12.6 Å². The Balaban J connectivity index is 2.62.